The maximum Gasteiger partial charge on any atom is 0.417 e. The van der Waals surface area contributed by atoms with Crippen LogP contribution in [0.15, 0.2) is 30.5 Å². The lowest BCUT2D eigenvalue weighted by molar-refractivity contribution is -0.136. The van der Waals surface area contributed by atoms with Crippen LogP contribution < -0.4 is 5.32 Å². The molecule has 1 N–H and O–H groups in total. The van der Waals surface area contributed by atoms with Crippen LogP contribution in [-0.4, -0.2) is 30.5 Å². The summed E-state index contributed by atoms with van der Waals surface area (Å²) in [7, 11) is 0. The summed E-state index contributed by atoms with van der Waals surface area (Å²) in [5.41, 5.74) is 0.477. The third kappa shape index (κ3) is 5.02. The van der Waals surface area contributed by atoms with Crippen molar-refractivity contribution in [3.05, 3.63) is 68.0 Å². The number of nitrogens with zero attached hydrogens (tertiary/aromatic N) is 5. The molecule has 36 heavy (non-hydrogen) atoms. The molecule has 7 nitrogen and oxygen atoms in total. The molecule has 1 aliphatic carbocycles. The van der Waals surface area contributed by atoms with Crippen molar-refractivity contribution < 1.29 is 18.0 Å². The van der Waals surface area contributed by atoms with Crippen molar-refractivity contribution in [3.63, 3.8) is 0 Å². The molecule has 13 heteroatoms. The highest BCUT2D eigenvalue weighted by molar-refractivity contribution is 6.35. The fourth-order valence-corrected chi connectivity index (χ4v) is 4.66. The summed E-state index contributed by atoms with van der Waals surface area (Å²) >= 11 is 18.4. The summed E-state index contributed by atoms with van der Waals surface area (Å²) in [4.78, 5) is 17.2. The normalized spacial score (nSPS) is 14.0. The smallest absolute Gasteiger partial charge is 0.306 e. The lowest BCUT2D eigenvalue weighted by atomic mass is 10.1. The maximum atomic E-state index is 13.8. The molecule has 0 aliphatic heterocycles. The van der Waals surface area contributed by atoms with Crippen LogP contribution in [0.4, 0.5) is 19.0 Å². The Morgan fingerprint density at radius 3 is 2.56 bits per heavy atom. The number of aromatic nitrogens is 5. The Balaban J connectivity index is 1.38. The van der Waals surface area contributed by atoms with Gasteiger partial charge in [-0.2, -0.15) is 23.4 Å². The van der Waals surface area contributed by atoms with Gasteiger partial charge in [-0.05, 0) is 43.5 Å². The van der Waals surface area contributed by atoms with E-state index >= 15 is 0 Å². The third-order valence-corrected chi connectivity index (χ3v) is 6.68. The lowest BCUT2D eigenvalue weighted by Crippen LogP contribution is -2.20. The number of anilines is 1. The number of benzene rings is 1. The minimum atomic E-state index is -4.57. The Morgan fingerprint density at radius 1 is 1.14 bits per heavy atom. The number of amides is 1. The average Bonchev–Trinajstić information content (AvgIpc) is 3.52. The molecule has 3 heterocycles. The van der Waals surface area contributed by atoms with Crippen molar-refractivity contribution >= 4 is 57.6 Å². The van der Waals surface area contributed by atoms with Gasteiger partial charge in [0.2, 0.25) is 5.91 Å². The van der Waals surface area contributed by atoms with Gasteiger partial charge in [0, 0.05) is 27.9 Å². The van der Waals surface area contributed by atoms with Gasteiger partial charge >= 0.3 is 6.18 Å². The second-order valence-electron chi connectivity index (χ2n) is 8.62. The zero-order valence-corrected chi connectivity index (χ0v) is 21.0. The summed E-state index contributed by atoms with van der Waals surface area (Å²) in [5.74, 6) is -0.476. The third-order valence-electron chi connectivity index (χ3n) is 5.81. The van der Waals surface area contributed by atoms with Crippen LogP contribution in [0.3, 0.4) is 0 Å². The zero-order valence-electron chi connectivity index (χ0n) is 18.7. The van der Waals surface area contributed by atoms with Crippen LogP contribution in [0.1, 0.15) is 41.3 Å². The molecule has 1 amide bonds. The van der Waals surface area contributed by atoms with Gasteiger partial charge in [-0.15, -0.1) is 0 Å². The molecule has 0 atom stereocenters. The number of hydrogen-bond donors (Lipinski definition) is 1. The van der Waals surface area contributed by atoms with Crippen molar-refractivity contribution in [1.29, 1.82) is 0 Å². The molecular weight excluding hydrogens is 540 g/mol. The number of alkyl halides is 3. The largest absolute Gasteiger partial charge is 0.417 e. The first kappa shape index (κ1) is 24.9. The molecule has 1 aliphatic rings. The van der Waals surface area contributed by atoms with Gasteiger partial charge in [0.25, 0.3) is 0 Å². The number of halogens is 6. The number of carbonyl (C=O) groups excluding carboxylic acids is 1. The summed E-state index contributed by atoms with van der Waals surface area (Å²) in [6.07, 6.45) is -1.48. The summed E-state index contributed by atoms with van der Waals surface area (Å²) < 4.78 is 44.0. The molecule has 0 spiro atoms. The summed E-state index contributed by atoms with van der Waals surface area (Å²) in [6, 6.07) is 6.15. The predicted octanol–water partition coefficient (Wildman–Crippen LogP) is 6.48. The van der Waals surface area contributed by atoms with Crippen molar-refractivity contribution in [2.45, 2.75) is 44.9 Å². The predicted molar refractivity (Wildman–Crippen MR) is 131 cm³/mol. The minimum Gasteiger partial charge on any atom is -0.306 e. The summed E-state index contributed by atoms with van der Waals surface area (Å²) in [5, 5.41) is 12.1. The van der Waals surface area contributed by atoms with Crippen LogP contribution >= 0.6 is 34.8 Å². The fraction of sp³-hybridized carbons (Fsp3) is 0.304. The van der Waals surface area contributed by atoms with E-state index in [9.17, 15) is 18.0 Å². The van der Waals surface area contributed by atoms with Crippen LogP contribution in [0.2, 0.25) is 15.1 Å². The molecule has 4 aromatic rings. The highest BCUT2D eigenvalue weighted by Crippen LogP contribution is 2.43. The van der Waals surface area contributed by atoms with E-state index < -0.39 is 17.6 Å². The van der Waals surface area contributed by atoms with E-state index in [1.165, 1.54) is 22.5 Å². The number of hydrogen-bond acceptors (Lipinski definition) is 4. The van der Waals surface area contributed by atoms with Crippen molar-refractivity contribution in [2.24, 2.45) is 0 Å². The monoisotopic (exact) mass is 556 g/mol. The molecule has 0 saturated heterocycles. The molecular formula is C23H18Cl3F3N6O. The molecule has 1 fully saturated rings. The number of pyridine rings is 1. The van der Waals surface area contributed by atoms with Crippen molar-refractivity contribution in [3.8, 4) is 0 Å². The number of fused-ring (bicyclic) bond motifs is 1. The van der Waals surface area contributed by atoms with E-state index in [0.717, 1.165) is 24.5 Å². The second-order valence-corrected chi connectivity index (χ2v) is 9.87. The Hall–Kier alpha value is -2.82. The van der Waals surface area contributed by atoms with Gasteiger partial charge in [-0.1, -0.05) is 40.9 Å². The molecule has 5 rings (SSSR count). The fourth-order valence-electron chi connectivity index (χ4n) is 3.99. The first-order valence-electron chi connectivity index (χ1n) is 10.9. The summed E-state index contributed by atoms with van der Waals surface area (Å²) in [6.45, 7) is 1.38. The highest BCUT2D eigenvalue weighted by Gasteiger charge is 2.37. The van der Waals surface area contributed by atoms with Gasteiger partial charge in [-0.3, -0.25) is 9.48 Å². The lowest BCUT2D eigenvalue weighted by Gasteiger charge is -2.11. The van der Waals surface area contributed by atoms with E-state index in [-0.39, 0.29) is 46.6 Å². The Bertz CT molecular complexity index is 1490. The zero-order chi connectivity index (χ0) is 25.8. The second kappa shape index (κ2) is 9.24. The van der Waals surface area contributed by atoms with Crippen LogP contribution in [0.5, 0.6) is 0 Å². The first-order chi connectivity index (χ1) is 17.0. The standard InChI is InChI=1S/C23H18Cl3F3N6O/c1-11-20-15(23(27,28)29)7-18(12-2-3-12)30-22(20)35(32-11)10-19(36)31-21-17(26)9-34(33-21)8-13-4-5-14(24)6-16(13)25/h4-7,9,12H,2-3,8,10H2,1H3,(H,31,33,36). The van der Waals surface area contributed by atoms with Crippen molar-refractivity contribution in [1.82, 2.24) is 24.5 Å². The number of carbonyl (C=O) groups is 1. The van der Waals surface area contributed by atoms with Gasteiger partial charge in [0.1, 0.15) is 11.6 Å². The molecule has 0 unspecified atom stereocenters. The Kier molecular flexibility index (Phi) is 6.38. The van der Waals surface area contributed by atoms with Crippen LogP contribution in [0, 0.1) is 6.92 Å². The maximum absolute atomic E-state index is 13.8. The SMILES string of the molecule is Cc1nn(CC(=O)Nc2nn(Cc3ccc(Cl)cc3Cl)cc2Cl)c2nc(C3CC3)cc(C(F)(F)F)c12. The van der Waals surface area contributed by atoms with Gasteiger partial charge < -0.3 is 5.32 Å². The average molecular weight is 558 g/mol. The van der Waals surface area contributed by atoms with E-state index in [0.29, 0.717) is 15.7 Å². The highest BCUT2D eigenvalue weighted by atomic mass is 35.5. The minimum absolute atomic E-state index is 0.00935. The Labute approximate surface area is 218 Å². The van der Waals surface area contributed by atoms with Gasteiger partial charge in [-0.25, -0.2) is 9.67 Å². The van der Waals surface area contributed by atoms with Gasteiger partial charge in [0.05, 0.1) is 23.2 Å². The Morgan fingerprint density at radius 2 is 1.89 bits per heavy atom. The van der Waals surface area contributed by atoms with E-state index in [4.69, 9.17) is 34.8 Å². The first-order valence-corrected chi connectivity index (χ1v) is 12.0. The topological polar surface area (TPSA) is 77.6 Å². The number of nitrogens with one attached hydrogen (secondary N) is 1. The molecule has 1 saturated carbocycles. The van der Waals surface area contributed by atoms with E-state index in [1.54, 1.807) is 18.2 Å². The van der Waals surface area contributed by atoms with Crippen molar-refractivity contribution in [2.75, 3.05) is 5.32 Å². The van der Waals surface area contributed by atoms with Crippen LogP contribution in [0.25, 0.3) is 11.0 Å². The molecule has 188 valence electrons. The molecule has 0 radical (unpaired) electrons. The quantitative estimate of drug-likeness (QED) is 0.294. The number of aryl methyl sites for hydroxylation is 1. The van der Waals surface area contributed by atoms with Gasteiger partial charge in [0.15, 0.2) is 11.5 Å². The van der Waals surface area contributed by atoms with Crippen LogP contribution in [-0.2, 0) is 24.1 Å². The molecule has 3 aromatic heterocycles. The van der Waals surface area contributed by atoms with E-state index in [1.807, 2.05) is 0 Å². The molecule has 1 aromatic carbocycles. The van der Waals surface area contributed by atoms with E-state index in [2.05, 4.69) is 20.5 Å². The number of rotatable bonds is 6. The molecule has 0 bridgehead atoms.